The number of thiophene rings is 1. The molecule has 2 N–H and O–H groups in total. The van der Waals surface area contributed by atoms with Gasteiger partial charge in [0.15, 0.2) is 5.11 Å². The van der Waals surface area contributed by atoms with Crippen LogP contribution < -0.4 is 10.6 Å². The maximum Gasteiger partial charge on any atom is 0.341 e. The number of thiocarbonyl (C=S) groups is 1. The second-order valence-electron chi connectivity index (χ2n) is 7.86. The van der Waals surface area contributed by atoms with Crippen molar-refractivity contribution in [3.63, 3.8) is 0 Å². The lowest BCUT2D eigenvalue weighted by Crippen LogP contribution is -2.20. The number of hydrogen-bond acceptors (Lipinski definition) is 5. The van der Waals surface area contributed by atoms with Gasteiger partial charge in [-0.15, -0.1) is 11.3 Å². The lowest BCUT2D eigenvalue weighted by Gasteiger charge is -2.12. The molecule has 0 amide bonds. The highest BCUT2D eigenvalue weighted by atomic mass is 79.9. The van der Waals surface area contributed by atoms with E-state index in [1.807, 2.05) is 73.1 Å². The van der Waals surface area contributed by atoms with Gasteiger partial charge in [0.1, 0.15) is 5.00 Å². The lowest BCUT2D eigenvalue weighted by atomic mass is 10.1. The molecule has 35 heavy (non-hydrogen) atoms. The number of nitrogens with one attached hydrogen (secondary N) is 2. The number of carbonyl (C=O) groups is 1. The zero-order valence-electron chi connectivity index (χ0n) is 19.6. The molecule has 2 aromatic heterocycles. The minimum Gasteiger partial charge on any atom is -0.462 e. The first-order valence-electron chi connectivity index (χ1n) is 11.1. The van der Waals surface area contributed by atoms with Crippen LogP contribution in [0.4, 0.5) is 10.7 Å². The zero-order valence-corrected chi connectivity index (χ0v) is 22.8. The van der Waals surface area contributed by atoms with Crippen molar-refractivity contribution < 1.29 is 9.53 Å². The number of anilines is 2. The Balaban J connectivity index is 1.51. The minimum absolute atomic E-state index is 0.302. The topological polar surface area (TPSA) is 68.2 Å². The van der Waals surface area contributed by atoms with Gasteiger partial charge in [-0.2, -0.15) is 5.10 Å². The highest BCUT2D eigenvalue weighted by molar-refractivity contribution is 9.10. The van der Waals surface area contributed by atoms with E-state index in [1.165, 1.54) is 11.3 Å². The lowest BCUT2D eigenvalue weighted by molar-refractivity contribution is 0.0528. The fraction of sp³-hybridized carbons (Fsp3) is 0.192. The fourth-order valence-electron chi connectivity index (χ4n) is 3.60. The first kappa shape index (κ1) is 25.1. The molecule has 4 aromatic rings. The van der Waals surface area contributed by atoms with E-state index in [-0.39, 0.29) is 5.97 Å². The molecule has 0 bridgehead atoms. The summed E-state index contributed by atoms with van der Waals surface area (Å²) in [6, 6.07) is 19.8. The molecule has 0 radical (unpaired) electrons. The molecule has 0 fully saturated rings. The Hall–Kier alpha value is -3.01. The molecule has 0 saturated carbocycles. The summed E-state index contributed by atoms with van der Waals surface area (Å²) in [5.41, 5.74) is 5.47. The van der Waals surface area contributed by atoms with Crippen molar-refractivity contribution in [1.29, 1.82) is 0 Å². The molecule has 0 aliphatic heterocycles. The van der Waals surface area contributed by atoms with Crippen molar-refractivity contribution in [2.75, 3.05) is 17.2 Å². The molecule has 4 rings (SSSR count). The Morgan fingerprint density at radius 3 is 2.57 bits per heavy atom. The third-order valence-electron chi connectivity index (χ3n) is 5.32. The highest BCUT2D eigenvalue weighted by Gasteiger charge is 2.19. The van der Waals surface area contributed by atoms with E-state index in [2.05, 4.69) is 37.7 Å². The van der Waals surface area contributed by atoms with Crippen LogP contribution in [0.15, 0.2) is 65.1 Å². The predicted molar refractivity (Wildman–Crippen MR) is 150 cm³/mol. The largest absolute Gasteiger partial charge is 0.462 e. The maximum atomic E-state index is 12.6. The third kappa shape index (κ3) is 5.98. The highest BCUT2D eigenvalue weighted by Crippen LogP contribution is 2.36. The number of hydrogen-bond donors (Lipinski definition) is 2. The summed E-state index contributed by atoms with van der Waals surface area (Å²) < 4.78 is 8.26. The number of nitrogens with zero attached hydrogens (tertiary/aromatic N) is 2. The molecule has 2 aromatic carbocycles. The molecule has 0 unspecified atom stereocenters. The minimum atomic E-state index is -0.380. The van der Waals surface area contributed by atoms with Gasteiger partial charge in [0.2, 0.25) is 0 Å². The molecule has 0 aliphatic rings. The van der Waals surface area contributed by atoms with Crippen molar-refractivity contribution in [3.05, 3.63) is 87.7 Å². The second kappa shape index (κ2) is 11.2. The second-order valence-corrected chi connectivity index (χ2v) is 10.1. The van der Waals surface area contributed by atoms with Crippen LogP contribution >= 0.6 is 39.5 Å². The van der Waals surface area contributed by atoms with Gasteiger partial charge in [-0.1, -0.05) is 42.5 Å². The van der Waals surface area contributed by atoms with Crippen molar-refractivity contribution in [2.45, 2.75) is 27.3 Å². The average molecular weight is 570 g/mol. The Labute approximate surface area is 222 Å². The molecule has 0 aliphatic carbocycles. The predicted octanol–water partition coefficient (Wildman–Crippen LogP) is 7.02. The molecule has 180 valence electrons. The summed E-state index contributed by atoms with van der Waals surface area (Å²) in [7, 11) is 0. The number of benzene rings is 2. The number of halogens is 1. The molecule has 0 atom stereocenters. The number of esters is 1. The molecular weight excluding hydrogens is 544 g/mol. The summed E-state index contributed by atoms with van der Waals surface area (Å²) in [5, 5.41) is 12.0. The van der Waals surface area contributed by atoms with Crippen LogP contribution in [0, 0.1) is 13.8 Å². The van der Waals surface area contributed by atoms with E-state index in [0.29, 0.717) is 28.8 Å². The van der Waals surface area contributed by atoms with Crippen LogP contribution in [0.5, 0.6) is 0 Å². The fourth-order valence-corrected chi connectivity index (χ4v) is 5.23. The van der Waals surface area contributed by atoms with Gasteiger partial charge in [0.05, 0.1) is 34.6 Å². The van der Waals surface area contributed by atoms with E-state index in [0.717, 1.165) is 37.6 Å². The van der Waals surface area contributed by atoms with E-state index >= 15 is 0 Å². The Morgan fingerprint density at radius 2 is 1.89 bits per heavy atom. The van der Waals surface area contributed by atoms with Gasteiger partial charge in [-0.05, 0) is 78.2 Å². The van der Waals surface area contributed by atoms with Crippen molar-refractivity contribution in [3.8, 4) is 10.4 Å². The molecule has 6 nitrogen and oxygen atoms in total. The number of aryl methyl sites for hydroxylation is 1. The molecule has 9 heteroatoms. The number of aromatic nitrogens is 2. The smallest absolute Gasteiger partial charge is 0.341 e. The van der Waals surface area contributed by atoms with Crippen LogP contribution in [0.3, 0.4) is 0 Å². The van der Waals surface area contributed by atoms with E-state index < -0.39 is 0 Å². The zero-order chi connectivity index (χ0) is 24.9. The Kier molecular flexibility index (Phi) is 8.00. The number of rotatable bonds is 7. The quantitative estimate of drug-likeness (QED) is 0.184. The van der Waals surface area contributed by atoms with Crippen LogP contribution in [0.1, 0.15) is 34.2 Å². The SMILES string of the molecule is CCOC(=O)c1cc(-c2ccccc2)sc1NC(=S)Nc1cccc(Cn2nc(C)c(Br)c2C)c1. The van der Waals surface area contributed by atoms with E-state index in [4.69, 9.17) is 17.0 Å². The van der Waals surface area contributed by atoms with Crippen LogP contribution in [0.25, 0.3) is 10.4 Å². The normalized spacial score (nSPS) is 10.7. The third-order valence-corrected chi connectivity index (χ3v) is 7.77. The van der Waals surface area contributed by atoms with Gasteiger partial charge >= 0.3 is 5.97 Å². The van der Waals surface area contributed by atoms with Gasteiger partial charge < -0.3 is 15.4 Å². The van der Waals surface area contributed by atoms with Crippen molar-refractivity contribution in [1.82, 2.24) is 9.78 Å². The standard InChI is InChI=1S/C26H25BrN4O2S2/c1-4-33-25(32)21-14-22(19-10-6-5-7-11-19)35-24(21)29-26(34)28-20-12-8-9-18(13-20)15-31-17(3)23(27)16(2)30-31/h5-14H,4,15H2,1-3H3,(H2,28,29,34). The van der Waals surface area contributed by atoms with Crippen LogP contribution in [-0.2, 0) is 11.3 Å². The summed E-state index contributed by atoms with van der Waals surface area (Å²) in [4.78, 5) is 13.5. The van der Waals surface area contributed by atoms with Crippen LogP contribution in [-0.4, -0.2) is 27.5 Å². The average Bonchev–Trinajstić information content (AvgIpc) is 3.36. The monoisotopic (exact) mass is 568 g/mol. The van der Waals surface area contributed by atoms with Gasteiger partial charge in [-0.3, -0.25) is 4.68 Å². The molecular formula is C26H25BrN4O2S2. The Bertz CT molecular complexity index is 1370. The van der Waals surface area contributed by atoms with E-state index in [9.17, 15) is 4.79 Å². The van der Waals surface area contributed by atoms with Crippen LogP contribution in [0.2, 0.25) is 0 Å². The molecule has 2 heterocycles. The summed E-state index contributed by atoms with van der Waals surface area (Å²) >= 11 is 10.6. The molecule has 0 saturated heterocycles. The first-order chi connectivity index (χ1) is 16.9. The van der Waals surface area contributed by atoms with Gasteiger partial charge in [0.25, 0.3) is 0 Å². The van der Waals surface area contributed by atoms with Gasteiger partial charge in [-0.25, -0.2) is 4.79 Å². The van der Waals surface area contributed by atoms with Gasteiger partial charge in [0, 0.05) is 10.6 Å². The maximum absolute atomic E-state index is 12.6. The summed E-state index contributed by atoms with van der Waals surface area (Å²) in [6.07, 6.45) is 0. The summed E-state index contributed by atoms with van der Waals surface area (Å²) in [6.45, 7) is 6.76. The van der Waals surface area contributed by atoms with Crippen molar-refractivity contribution >= 4 is 61.3 Å². The number of ether oxygens (including phenoxy) is 1. The van der Waals surface area contributed by atoms with E-state index in [1.54, 1.807) is 6.92 Å². The summed E-state index contributed by atoms with van der Waals surface area (Å²) in [5.74, 6) is -0.380. The number of carbonyl (C=O) groups excluding carboxylic acids is 1. The first-order valence-corrected chi connectivity index (χ1v) is 13.1. The molecule has 0 spiro atoms. The Morgan fingerprint density at radius 1 is 1.11 bits per heavy atom. The van der Waals surface area contributed by atoms with Crippen molar-refractivity contribution in [2.24, 2.45) is 0 Å².